The highest BCUT2D eigenvalue weighted by Gasteiger charge is 2.12. The van der Waals surface area contributed by atoms with Gasteiger partial charge in [-0.15, -0.1) is 11.8 Å². The summed E-state index contributed by atoms with van der Waals surface area (Å²) >= 11 is 1.37. The predicted molar refractivity (Wildman–Crippen MR) is 129 cm³/mol. The molecular formula is C26H31NO4S. The van der Waals surface area contributed by atoms with Gasteiger partial charge in [-0.1, -0.05) is 44.0 Å². The van der Waals surface area contributed by atoms with E-state index in [-0.39, 0.29) is 5.75 Å². The molecule has 0 fully saturated rings. The number of carbonyl (C=O) groups is 1. The van der Waals surface area contributed by atoms with E-state index < -0.39 is 5.97 Å². The third-order valence-electron chi connectivity index (χ3n) is 5.16. The van der Waals surface area contributed by atoms with Gasteiger partial charge in [0, 0.05) is 17.7 Å². The van der Waals surface area contributed by atoms with E-state index in [4.69, 9.17) is 14.3 Å². The van der Waals surface area contributed by atoms with E-state index in [1.807, 2.05) is 31.2 Å². The Labute approximate surface area is 194 Å². The molecule has 1 N–H and O–H groups in total. The highest BCUT2D eigenvalue weighted by Crippen LogP contribution is 2.24. The number of benzene rings is 2. The lowest BCUT2D eigenvalue weighted by Crippen LogP contribution is -2.03. The average Bonchev–Trinajstić information content (AvgIpc) is 3.15. The number of hydrogen-bond donors (Lipinski definition) is 1. The van der Waals surface area contributed by atoms with Crippen LogP contribution in [0.4, 0.5) is 0 Å². The second-order valence-corrected chi connectivity index (χ2v) is 8.79. The van der Waals surface area contributed by atoms with Gasteiger partial charge in [-0.05, 0) is 55.2 Å². The van der Waals surface area contributed by atoms with Crippen LogP contribution in [0.2, 0.25) is 0 Å². The number of hydrogen-bond acceptors (Lipinski definition) is 5. The SMILES string of the molecule is CCCCCc1ccc(-c2nc(CCOc3cccc(CSCC(=O)O)c3)c(C)o2)cc1. The summed E-state index contributed by atoms with van der Waals surface area (Å²) < 4.78 is 11.8. The van der Waals surface area contributed by atoms with Crippen molar-refractivity contribution in [1.29, 1.82) is 0 Å². The number of aryl methyl sites for hydroxylation is 2. The van der Waals surface area contributed by atoms with Crippen LogP contribution >= 0.6 is 11.8 Å². The molecule has 1 heterocycles. The fourth-order valence-corrected chi connectivity index (χ4v) is 4.12. The predicted octanol–water partition coefficient (Wildman–Crippen LogP) is 6.32. The molecule has 0 aliphatic heterocycles. The smallest absolute Gasteiger partial charge is 0.313 e. The van der Waals surface area contributed by atoms with Gasteiger partial charge in [-0.2, -0.15) is 0 Å². The summed E-state index contributed by atoms with van der Waals surface area (Å²) in [7, 11) is 0. The van der Waals surface area contributed by atoms with Crippen molar-refractivity contribution in [2.24, 2.45) is 0 Å². The van der Waals surface area contributed by atoms with Crippen LogP contribution in [0, 0.1) is 6.92 Å². The molecule has 6 heteroatoms. The second-order valence-electron chi connectivity index (χ2n) is 7.81. The van der Waals surface area contributed by atoms with Crippen LogP contribution in [0.25, 0.3) is 11.5 Å². The Kier molecular flexibility index (Phi) is 9.23. The van der Waals surface area contributed by atoms with Gasteiger partial charge in [-0.25, -0.2) is 4.98 Å². The quantitative estimate of drug-likeness (QED) is 0.305. The maximum Gasteiger partial charge on any atom is 0.313 e. The van der Waals surface area contributed by atoms with Gasteiger partial charge >= 0.3 is 5.97 Å². The highest BCUT2D eigenvalue weighted by atomic mass is 32.2. The van der Waals surface area contributed by atoms with Crippen molar-refractivity contribution in [2.45, 2.75) is 51.7 Å². The molecule has 1 aromatic heterocycles. The third-order valence-corrected chi connectivity index (χ3v) is 6.15. The summed E-state index contributed by atoms with van der Waals surface area (Å²) in [6.07, 6.45) is 5.49. The van der Waals surface area contributed by atoms with Crippen LogP contribution in [0.3, 0.4) is 0 Å². The van der Waals surface area contributed by atoms with Crippen molar-refractivity contribution < 1.29 is 19.1 Å². The van der Waals surface area contributed by atoms with Crippen LogP contribution < -0.4 is 4.74 Å². The molecule has 5 nitrogen and oxygen atoms in total. The van der Waals surface area contributed by atoms with Crippen molar-refractivity contribution in [3.05, 3.63) is 71.1 Å². The Morgan fingerprint density at radius 1 is 1.09 bits per heavy atom. The van der Waals surface area contributed by atoms with Crippen LogP contribution in [-0.2, 0) is 23.4 Å². The van der Waals surface area contributed by atoms with Crippen LogP contribution in [0.5, 0.6) is 5.75 Å². The van der Waals surface area contributed by atoms with Gasteiger partial charge in [0.1, 0.15) is 11.5 Å². The molecule has 0 bridgehead atoms. The molecule has 0 amide bonds. The lowest BCUT2D eigenvalue weighted by Gasteiger charge is -2.07. The van der Waals surface area contributed by atoms with Gasteiger partial charge in [-0.3, -0.25) is 4.79 Å². The van der Waals surface area contributed by atoms with Gasteiger partial charge in [0.05, 0.1) is 18.1 Å². The first kappa shape index (κ1) is 23.9. The Hall–Kier alpha value is -2.73. The third kappa shape index (κ3) is 7.45. The maximum absolute atomic E-state index is 10.7. The molecule has 0 aliphatic rings. The minimum Gasteiger partial charge on any atom is -0.493 e. The lowest BCUT2D eigenvalue weighted by atomic mass is 10.1. The van der Waals surface area contributed by atoms with Crippen LogP contribution in [0.1, 0.15) is 48.8 Å². The first-order valence-electron chi connectivity index (χ1n) is 11.1. The summed E-state index contributed by atoms with van der Waals surface area (Å²) in [5.41, 5.74) is 4.29. The van der Waals surface area contributed by atoms with Crippen LogP contribution in [-0.4, -0.2) is 28.4 Å². The van der Waals surface area contributed by atoms with E-state index in [0.717, 1.165) is 34.8 Å². The normalized spacial score (nSPS) is 10.9. The zero-order valence-corrected chi connectivity index (χ0v) is 19.6. The van der Waals surface area contributed by atoms with E-state index in [9.17, 15) is 4.79 Å². The molecule has 0 aliphatic carbocycles. The number of ether oxygens (including phenoxy) is 1. The molecule has 0 saturated heterocycles. The van der Waals surface area contributed by atoms with Gasteiger partial charge < -0.3 is 14.3 Å². The van der Waals surface area contributed by atoms with E-state index in [2.05, 4.69) is 36.2 Å². The minimum atomic E-state index is -0.798. The largest absolute Gasteiger partial charge is 0.493 e. The summed E-state index contributed by atoms with van der Waals surface area (Å²) in [5.74, 6) is 2.18. The number of nitrogens with zero attached hydrogens (tertiary/aromatic N) is 1. The van der Waals surface area contributed by atoms with Crippen molar-refractivity contribution in [1.82, 2.24) is 4.98 Å². The fraction of sp³-hybridized carbons (Fsp3) is 0.385. The first-order valence-corrected chi connectivity index (χ1v) is 12.3. The molecule has 0 radical (unpaired) electrons. The molecule has 0 unspecified atom stereocenters. The number of carboxylic acids is 1. The number of aromatic nitrogens is 1. The summed E-state index contributed by atoms with van der Waals surface area (Å²) in [4.78, 5) is 15.3. The minimum absolute atomic E-state index is 0.0977. The lowest BCUT2D eigenvalue weighted by molar-refractivity contribution is -0.133. The van der Waals surface area contributed by atoms with E-state index in [1.165, 1.54) is 36.6 Å². The monoisotopic (exact) mass is 453 g/mol. The molecule has 3 rings (SSSR count). The molecule has 32 heavy (non-hydrogen) atoms. The number of carboxylic acid groups (broad SMARTS) is 1. The number of oxazole rings is 1. The van der Waals surface area contributed by atoms with Crippen molar-refractivity contribution in [3.8, 4) is 17.2 Å². The molecule has 0 saturated carbocycles. The Morgan fingerprint density at radius 3 is 2.66 bits per heavy atom. The maximum atomic E-state index is 10.7. The number of unbranched alkanes of at least 4 members (excludes halogenated alkanes) is 2. The molecular weight excluding hydrogens is 422 g/mol. The van der Waals surface area contributed by atoms with Crippen molar-refractivity contribution in [2.75, 3.05) is 12.4 Å². The van der Waals surface area contributed by atoms with E-state index in [1.54, 1.807) is 0 Å². The number of aliphatic carboxylic acids is 1. The first-order chi connectivity index (χ1) is 15.5. The zero-order valence-electron chi connectivity index (χ0n) is 18.8. The average molecular weight is 454 g/mol. The van der Waals surface area contributed by atoms with Crippen LogP contribution in [0.15, 0.2) is 52.9 Å². The molecule has 0 spiro atoms. The van der Waals surface area contributed by atoms with Gasteiger partial charge in [0.2, 0.25) is 5.89 Å². The summed E-state index contributed by atoms with van der Waals surface area (Å²) in [6.45, 7) is 4.65. The second kappa shape index (κ2) is 12.3. The zero-order chi connectivity index (χ0) is 22.8. The highest BCUT2D eigenvalue weighted by molar-refractivity contribution is 7.99. The topological polar surface area (TPSA) is 72.6 Å². The molecule has 3 aromatic rings. The molecule has 170 valence electrons. The number of rotatable bonds is 13. The van der Waals surface area contributed by atoms with E-state index >= 15 is 0 Å². The van der Waals surface area contributed by atoms with Gasteiger partial charge in [0.15, 0.2) is 0 Å². The van der Waals surface area contributed by atoms with Crippen molar-refractivity contribution >= 4 is 17.7 Å². The molecule has 2 aromatic carbocycles. The molecule has 0 atom stereocenters. The summed E-state index contributed by atoms with van der Waals surface area (Å²) in [5, 5.41) is 8.76. The van der Waals surface area contributed by atoms with Gasteiger partial charge in [0.25, 0.3) is 0 Å². The summed E-state index contributed by atoms with van der Waals surface area (Å²) in [6, 6.07) is 16.3. The Bertz CT molecular complexity index is 997. The standard InChI is InChI=1S/C26H31NO4S/c1-3-4-5-7-20-10-12-22(13-11-20)26-27-24(19(2)31-26)14-15-30-23-9-6-8-21(16-23)17-32-18-25(28)29/h6,8-13,16H,3-5,7,14-15,17-18H2,1-2H3,(H,28,29). The van der Waals surface area contributed by atoms with Crippen molar-refractivity contribution in [3.63, 3.8) is 0 Å². The fourth-order valence-electron chi connectivity index (χ4n) is 3.42. The number of thioether (sulfide) groups is 1. The van der Waals surface area contributed by atoms with E-state index in [0.29, 0.717) is 24.7 Å². The Morgan fingerprint density at radius 2 is 1.91 bits per heavy atom. The Balaban J connectivity index is 1.52.